The largest absolute Gasteiger partial charge is 0.368 e. The molecule has 3 rings (SSSR count). The number of carbonyl (C=O) groups excluding carboxylic acids is 1. The van der Waals surface area contributed by atoms with Gasteiger partial charge < -0.3 is 14.5 Å². The highest BCUT2D eigenvalue weighted by Crippen LogP contribution is 2.38. The molecule has 2 heterocycles. The highest BCUT2D eigenvalue weighted by Gasteiger charge is 2.43. The van der Waals surface area contributed by atoms with Gasteiger partial charge in [-0.2, -0.15) is 5.26 Å². The fourth-order valence-corrected chi connectivity index (χ4v) is 3.60. The van der Waals surface area contributed by atoms with Crippen LogP contribution in [0.1, 0.15) is 43.9 Å². The molecule has 2 aliphatic rings. The van der Waals surface area contributed by atoms with E-state index in [0.717, 1.165) is 25.0 Å². The maximum Gasteiger partial charge on any atom is 0.243 e. The summed E-state index contributed by atoms with van der Waals surface area (Å²) in [5, 5.41) is 9.67. The van der Waals surface area contributed by atoms with Crippen molar-refractivity contribution >= 4 is 11.9 Å². The summed E-state index contributed by atoms with van der Waals surface area (Å²) in [6.45, 7) is 1.43. The van der Waals surface area contributed by atoms with E-state index in [9.17, 15) is 10.1 Å². The van der Waals surface area contributed by atoms with Gasteiger partial charge in [-0.15, -0.1) is 0 Å². The zero-order valence-corrected chi connectivity index (χ0v) is 14.9. The van der Waals surface area contributed by atoms with Gasteiger partial charge in [0, 0.05) is 26.8 Å². The quantitative estimate of drug-likeness (QED) is 0.834. The zero-order chi connectivity index (χ0) is 17.9. The molecule has 25 heavy (non-hydrogen) atoms. The van der Waals surface area contributed by atoms with Crippen molar-refractivity contribution in [2.75, 3.05) is 38.7 Å². The van der Waals surface area contributed by atoms with Crippen LogP contribution < -0.4 is 4.90 Å². The number of rotatable bonds is 3. The van der Waals surface area contributed by atoms with Crippen LogP contribution in [0.3, 0.4) is 0 Å². The average Bonchev–Trinajstić information content (AvgIpc) is 2.68. The topological polar surface area (TPSA) is 82.4 Å². The summed E-state index contributed by atoms with van der Waals surface area (Å²) >= 11 is 0. The minimum absolute atomic E-state index is 0.0371. The monoisotopic (exact) mass is 343 g/mol. The molecule has 1 saturated heterocycles. The lowest BCUT2D eigenvalue weighted by molar-refractivity contribution is -0.148. The highest BCUT2D eigenvalue weighted by atomic mass is 16.5. The molecule has 0 bridgehead atoms. The predicted molar refractivity (Wildman–Crippen MR) is 92.8 cm³/mol. The maximum atomic E-state index is 13.1. The molecule has 134 valence electrons. The number of aromatic nitrogens is 2. The summed E-state index contributed by atoms with van der Waals surface area (Å²) in [6, 6.07) is 4.15. The fourth-order valence-electron chi connectivity index (χ4n) is 3.60. The molecule has 0 N–H and O–H groups in total. The van der Waals surface area contributed by atoms with Gasteiger partial charge in [0.15, 0.2) is 0 Å². The number of carbonyl (C=O) groups is 1. The highest BCUT2D eigenvalue weighted by molar-refractivity contribution is 5.85. The molecule has 1 unspecified atom stereocenters. The molecule has 0 radical (unpaired) electrons. The molecular formula is C18H25N5O2. The van der Waals surface area contributed by atoms with E-state index in [1.807, 2.05) is 25.1 Å². The van der Waals surface area contributed by atoms with Crippen LogP contribution >= 0.6 is 0 Å². The minimum Gasteiger partial charge on any atom is -0.368 e. The standard InChI is InChI=1S/C18H25N5O2/c1-22(2)17-20-9-6-14(21-17)15-12-23(10-11-25-15)16(24)18(13-19)7-4-3-5-8-18/h6,9,15H,3-5,7-8,10-12H2,1-2H3. The van der Waals surface area contributed by atoms with E-state index in [2.05, 4.69) is 16.0 Å². The van der Waals surface area contributed by atoms with Crippen LogP contribution in [0.15, 0.2) is 12.3 Å². The number of ether oxygens (including phenoxy) is 1. The van der Waals surface area contributed by atoms with Crippen molar-refractivity contribution in [2.45, 2.75) is 38.2 Å². The molecule has 1 atom stereocenters. The molecule has 1 aromatic rings. The third-order valence-corrected chi connectivity index (χ3v) is 5.08. The summed E-state index contributed by atoms with van der Waals surface area (Å²) in [5.74, 6) is 0.579. The third kappa shape index (κ3) is 3.59. The van der Waals surface area contributed by atoms with Crippen molar-refractivity contribution in [3.8, 4) is 6.07 Å². The Morgan fingerprint density at radius 1 is 1.40 bits per heavy atom. The zero-order valence-electron chi connectivity index (χ0n) is 14.9. The Hall–Kier alpha value is -2.20. The second kappa shape index (κ2) is 7.36. The number of nitriles is 1. The van der Waals surface area contributed by atoms with Gasteiger partial charge in [0.2, 0.25) is 11.9 Å². The maximum absolute atomic E-state index is 13.1. The molecule has 1 aromatic heterocycles. The van der Waals surface area contributed by atoms with E-state index in [1.54, 1.807) is 11.1 Å². The van der Waals surface area contributed by atoms with Crippen LogP contribution in [-0.4, -0.2) is 54.6 Å². The Kier molecular flexibility index (Phi) is 5.19. The number of hydrogen-bond donors (Lipinski definition) is 0. The summed E-state index contributed by atoms with van der Waals surface area (Å²) in [5.41, 5.74) is -0.0773. The van der Waals surface area contributed by atoms with Crippen LogP contribution in [0.4, 0.5) is 5.95 Å². The summed E-state index contributed by atoms with van der Waals surface area (Å²) < 4.78 is 5.85. The van der Waals surface area contributed by atoms with Crippen LogP contribution in [0.25, 0.3) is 0 Å². The van der Waals surface area contributed by atoms with Crippen LogP contribution in [-0.2, 0) is 9.53 Å². The molecule has 7 nitrogen and oxygen atoms in total. The Balaban J connectivity index is 1.76. The number of nitrogens with zero attached hydrogens (tertiary/aromatic N) is 5. The number of amides is 1. The molecule has 7 heteroatoms. The summed E-state index contributed by atoms with van der Waals surface area (Å²) in [6.07, 6.45) is 5.77. The van der Waals surface area contributed by atoms with Gasteiger partial charge in [-0.05, 0) is 18.9 Å². The minimum atomic E-state index is -0.847. The first-order valence-corrected chi connectivity index (χ1v) is 8.88. The Morgan fingerprint density at radius 2 is 2.16 bits per heavy atom. The molecule has 1 saturated carbocycles. The molecular weight excluding hydrogens is 318 g/mol. The number of morpholine rings is 1. The van der Waals surface area contributed by atoms with Gasteiger partial charge in [0.25, 0.3) is 0 Å². The van der Waals surface area contributed by atoms with E-state index in [0.29, 0.717) is 38.5 Å². The van der Waals surface area contributed by atoms with Gasteiger partial charge in [-0.1, -0.05) is 19.3 Å². The molecule has 0 aromatic carbocycles. The first kappa shape index (κ1) is 17.6. The first-order valence-electron chi connectivity index (χ1n) is 8.88. The van der Waals surface area contributed by atoms with E-state index >= 15 is 0 Å². The van der Waals surface area contributed by atoms with E-state index in [4.69, 9.17) is 4.74 Å². The van der Waals surface area contributed by atoms with E-state index < -0.39 is 5.41 Å². The molecule has 1 aliphatic carbocycles. The van der Waals surface area contributed by atoms with E-state index in [-0.39, 0.29) is 12.0 Å². The fraction of sp³-hybridized carbons (Fsp3) is 0.667. The number of hydrogen-bond acceptors (Lipinski definition) is 6. The Labute approximate surface area is 148 Å². The Bertz CT molecular complexity index is 664. The molecule has 1 aliphatic heterocycles. The second-order valence-corrected chi connectivity index (χ2v) is 7.04. The second-order valence-electron chi connectivity index (χ2n) is 7.04. The van der Waals surface area contributed by atoms with Gasteiger partial charge >= 0.3 is 0 Å². The first-order chi connectivity index (χ1) is 12.1. The predicted octanol–water partition coefficient (Wildman–Crippen LogP) is 1.92. The van der Waals surface area contributed by atoms with Crippen molar-refractivity contribution in [1.29, 1.82) is 5.26 Å². The van der Waals surface area contributed by atoms with E-state index in [1.165, 1.54) is 0 Å². The van der Waals surface area contributed by atoms with Crippen molar-refractivity contribution < 1.29 is 9.53 Å². The average molecular weight is 343 g/mol. The summed E-state index contributed by atoms with van der Waals surface area (Å²) in [7, 11) is 3.77. The van der Waals surface area contributed by atoms with Gasteiger partial charge in [0.05, 0.1) is 24.9 Å². The van der Waals surface area contributed by atoms with Crippen LogP contribution in [0.2, 0.25) is 0 Å². The lowest BCUT2D eigenvalue weighted by Crippen LogP contribution is -2.49. The SMILES string of the molecule is CN(C)c1nccc(C2CN(C(=O)C3(C#N)CCCCC3)CCO2)n1. The third-order valence-electron chi connectivity index (χ3n) is 5.08. The number of anilines is 1. The van der Waals surface area contributed by atoms with Gasteiger partial charge in [-0.3, -0.25) is 4.79 Å². The van der Waals surface area contributed by atoms with Crippen molar-refractivity contribution in [1.82, 2.24) is 14.9 Å². The molecule has 2 fully saturated rings. The molecule has 1 amide bonds. The van der Waals surface area contributed by atoms with Crippen molar-refractivity contribution in [3.63, 3.8) is 0 Å². The lowest BCUT2D eigenvalue weighted by atomic mass is 9.74. The summed E-state index contributed by atoms with van der Waals surface area (Å²) in [4.78, 5) is 25.4. The smallest absolute Gasteiger partial charge is 0.243 e. The molecule has 0 spiro atoms. The van der Waals surface area contributed by atoms with Crippen LogP contribution in [0.5, 0.6) is 0 Å². The Morgan fingerprint density at radius 3 is 2.84 bits per heavy atom. The normalized spacial score (nSPS) is 22.9. The van der Waals surface area contributed by atoms with Crippen molar-refractivity contribution in [3.05, 3.63) is 18.0 Å². The lowest BCUT2D eigenvalue weighted by Gasteiger charge is -2.39. The van der Waals surface area contributed by atoms with Gasteiger partial charge in [-0.25, -0.2) is 9.97 Å². The van der Waals surface area contributed by atoms with Gasteiger partial charge in [0.1, 0.15) is 11.5 Å². The van der Waals surface area contributed by atoms with Crippen LogP contribution in [0, 0.1) is 16.7 Å². The van der Waals surface area contributed by atoms with Crippen molar-refractivity contribution in [2.24, 2.45) is 5.41 Å².